The van der Waals surface area contributed by atoms with E-state index in [2.05, 4.69) is 15.0 Å². The molecule has 3 aromatic heterocycles. The van der Waals surface area contributed by atoms with Gasteiger partial charge in [0.1, 0.15) is 5.84 Å². The first-order valence-corrected chi connectivity index (χ1v) is 8.60. The molecule has 0 aliphatic rings. The SMILES string of the molecule is CC=C(C)C(=NC(C)=C(C)C)n1c(=O)nc2c3cccnc3ccn2c1=O. The van der Waals surface area contributed by atoms with Crippen LogP contribution in [-0.4, -0.2) is 24.8 Å². The summed E-state index contributed by atoms with van der Waals surface area (Å²) in [6.07, 6.45) is 5.04. The fourth-order valence-electron chi connectivity index (χ4n) is 2.58. The maximum Gasteiger partial charge on any atom is 0.359 e. The molecule has 0 unspecified atom stereocenters. The Balaban J connectivity index is 2.44. The average Bonchev–Trinajstić information content (AvgIpc) is 2.66. The largest absolute Gasteiger partial charge is 0.359 e. The zero-order valence-corrected chi connectivity index (χ0v) is 16.0. The molecule has 0 spiro atoms. The molecule has 0 amide bonds. The molecular formula is C20H21N5O2. The molecule has 0 saturated carbocycles. The third kappa shape index (κ3) is 3.23. The number of aliphatic imine (C=N–C) groups is 1. The van der Waals surface area contributed by atoms with Crippen LogP contribution in [0.2, 0.25) is 0 Å². The summed E-state index contributed by atoms with van der Waals surface area (Å²) in [5, 5.41) is 0.642. The Morgan fingerprint density at radius 3 is 2.56 bits per heavy atom. The van der Waals surface area contributed by atoms with Gasteiger partial charge in [0, 0.05) is 23.5 Å². The fourth-order valence-corrected chi connectivity index (χ4v) is 2.58. The van der Waals surface area contributed by atoms with Crippen LogP contribution < -0.4 is 11.4 Å². The number of hydrogen-bond acceptors (Lipinski definition) is 5. The Hall–Kier alpha value is -3.35. The molecule has 3 rings (SSSR count). The van der Waals surface area contributed by atoms with Gasteiger partial charge in [-0.3, -0.25) is 9.38 Å². The molecule has 0 bridgehead atoms. The lowest BCUT2D eigenvalue weighted by molar-refractivity contribution is 0.825. The van der Waals surface area contributed by atoms with E-state index in [1.807, 2.05) is 40.7 Å². The van der Waals surface area contributed by atoms with Gasteiger partial charge in [-0.05, 0) is 58.4 Å². The molecule has 7 nitrogen and oxygen atoms in total. The maximum absolute atomic E-state index is 13.1. The van der Waals surface area contributed by atoms with Crippen molar-refractivity contribution in [3.8, 4) is 0 Å². The predicted molar refractivity (Wildman–Crippen MR) is 107 cm³/mol. The number of pyridine rings is 2. The molecule has 0 aliphatic carbocycles. The molecule has 0 fully saturated rings. The van der Waals surface area contributed by atoms with Crippen LogP contribution in [0.25, 0.3) is 16.6 Å². The third-order valence-corrected chi connectivity index (χ3v) is 4.47. The van der Waals surface area contributed by atoms with Gasteiger partial charge in [0.2, 0.25) is 0 Å². The Kier molecular flexibility index (Phi) is 4.85. The number of rotatable bonds is 2. The predicted octanol–water partition coefficient (Wildman–Crippen LogP) is 2.93. The van der Waals surface area contributed by atoms with Gasteiger partial charge in [0.15, 0.2) is 5.65 Å². The summed E-state index contributed by atoms with van der Waals surface area (Å²) in [5.41, 5.74) is 2.21. The molecule has 138 valence electrons. The van der Waals surface area contributed by atoms with Gasteiger partial charge in [-0.1, -0.05) is 11.6 Å². The highest BCUT2D eigenvalue weighted by Crippen LogP contribution is 2.14. The molecule has 0 aromatic carbocycles. The first kappa shape index (κ1) is 18.4. The van der Waals surface area contributed by atoms with Crippen LogP contribution in [0.3, 0.4) is 0 Å². The fraction of sp³-hybridized carbons (Fsp3) is 0.250. The lowest BCUT2D eigenvalue weighted by Gasteiger charge is -2.12. The van der Waals surface area contributed by atoms with E-state index in [9.17, 15) is 9.59 Å². The molecule has 0 saturated heterocycles. The molecule has 7 heteroatoms. The van der Waals surface area contributed by atoms with Crippen molar-refractivity contribution < 1.29 is 0 Å². The van der Waals surface area contributed by atoms with E-state index in [0.29, 0.717) is 16.5 Å². The summed E-state index contributed by atoms with van der Waals surface area (Å²) < 4.78 is 2.36. The van der Waals surface area contributed by atoms with Crippen molar-refractivity contribution in [1.29, 1.82) is 0 Å². The standard InChI is InChI=1S/C20H21N5O2/c1-6-13(4)17(22-14(5)12(2)3)25-19(26)23-18-15-8-7-10-21-16(15)9-11-24(18)20(25)27/h6-11H,1-5H3. The number of aromatic nitrogens is 4. The molecule has 0 aliphatic heterocycles. The molecule has 27 heavy (non-hydrogen) atoms. The van der Waals surface area contributed by atoms with Crippen molar-refractivity contribution in [1.82, 2.24) is 18.9 Å². The van der Waals surface area contributed by atoms with Crippen molar-refractivity contribution in [2.45, 2.75) is 34.6 Å². The molecule has 0 N–H and O–H groups in total. The van der Waals surface area contributed by atoms with Crippen LogP contribution in [0.1, 0.15) is 34.6 Å². The van der Waals surface area contributed by atoms with Gasteiger partial charge >= 0.3 is 11.4 Å². The van der Waals surface area contributed by atoms with E-state index in [1.165, 1.54) is 4.40 Å². The minimum atomic E-state index is -0.669. The van der Waals surface area contributed by atoms with Crippen LogP contribution >= 0.6 is 0 Å². The average molecular weight is 363 g/mol. The van der Waals surface area contributed by atoms with Crippen molar-refractivity contribution >= 4 is 22.4 Å². The summed E-state index contributed by atoms with van der Waals surface area (Å²) in [7, 11) is 0. The van der Waals surface area contributed by atoms with Gasteiger partial charge in [-0.15, -0.1) is 0 Å². The van der Waals surface area contributed by atoms with Gasteiger partial charge in [-0.2, -0.15) is 9.55 Å². The molecule has 0 radical (unpaired) electrons. The minimum Gasteiger partial charge on any atom is -0.256 e. The molecule has 3 heterocycles. The van der Waals surface area contributed by atoms with Gasteiger partial charge < -0.3 is 0 Å². The second-order valence-corrected chi connectivity index (χ2v) is 6.45. The number of fused-ring (bicyclic) bond motifs is 3. The first-order chi connectivity index (χ1) is 12.8. The number of hydrogen-bond donors (Lipinski definition) is 0. The van der Waals surface area contributed by atoms with Crippen molar-refractivity contribution in [3.05, 3.63) is 74.5 Å². The zero-order chi connectivity index (χ0) is 19.7. The van der Waals surface area contributed by atoms with Gasteiger partial charge in [0.25, 0.3) is 0 Å². The van der Waals surface area contributed by atoms with E-state index in [4.69, 9.17) is 0 Å². The highest BCUT2D eigenvalue weighted by atomic mass is 16.2. The van der Waals surface area contributed by atoms with E-state index in [-0.39, 0.29) is 11.5 Å². The minimum absolute atomic E-state index is 0.277. The summed E-state index contributed by atoms with van der Waals surface area (Å²) in [6.45, 7) is 9.33. The number of nitrogens with zero attached hydrogens (tertiary/aromatic N) is 5. The highest BCUT2D eigenvalue weighted by molar-refractivity contribution is 6.00. The molecular weight excluding hydrogens is 342 g/mol. The van der Waals surface area contributed by atoms with E-state index in [0.717, 1.165) is 15.8 Å². The normalized spacial score (nSPS) is 12.6. The monoisotopic (exact) mass is 363 g/mol. The summed E-state index contributed by atoms with van der Waals surface area (Å²) in [5.74, 6) is 0.277. The zero-order valence-electron chi connectivity index (χ0n) is 16.0. The van der Waals surface area contributed by atoms with E-state index < -0.39 is 11.4 Å². The maximum atomic E-state index is 13.1. The Morgan fingerprint density at radius 1 is 1.15 bits per heavy atom. The topological polar surface area (TPSA) is 81.6 Å². The number of allylic oxidation sites excluding steroid dienone is 4. The Labute approximate surface area is 156 Å². The summed E-state index contributed by atoms with van der Waals surface area (Å²) in [4.78, 5) is 38.9. The second-order valence-electron chi connectivity index (χ2n) is 6.45. The lowest BCUT2D eigenvalue weighted by Crippen LogP contribution is -2.44. The molecule has 3 aromatic rings. The Morgan fingerprint density at radius 2 is 1.89 bits per heavy atom. The highest BCUT2D eigenvalue weighted by Gasteiger charge is 2.16. The van der Waals surface area contributed by atoms with E-state index in [1.54, 1.807) is 30.6 Å². The Bertz CT molecular complexity index is 1250. The lowest BCUT2D eigenvalue weighted by atomic mass is 10.2. The van der Waals surface area contributed by atoms with Crippen LogP contribution in [0, 0.1) is 0 Å². The first-order valence-electron chi connectivity index (χ1n) is 8.60. The quantitative estimate of drug-likeness (QED) is 0.398. The third-order valence-electron chi connectivity index (χ3n) is 4.47. The van der Waals surface area contributed by atoms with Crippen molar-refractivity contribution in [2.75, 3.05) is 0 Å². The molecule has 0 atom stereocenters. The smallest absolute Gasteiger partial charge is 0.256 e. The second kappa shape index (κ2) is 7.11. The van der Waals surface area contributed by atoms with E-state index >= 15 is 0 Å². The van der Waals surface area contributed by atoms with Crippen LogP contribution in [0.15, 0.2) is 68.1 Å². The van der Waals surface area contributed by atoms with Crippen LogP contribution in [0.5, 0.6) is 0 Å². The van der Waals surface area contributed by atoms with Gasteiger partial charge in [-0.25, -0.2) is 14.6 Å². The van der Waals surface area contributed by atoms with Crippen molar-refractivity contribution in [2.24, 2.45) is 4.99 Å². The summed E-state index contributed by atoms with van der Waals surface area (Å²) in [6, 6.07) is 5.25. The van der Waals surface area contributed by atoms with Gasteiger partial charge in [0.05, 0.1) is 5.52 Å². The van der Waals surface area contributed by atoms with Crippen molar-refractivity contribution in [3.63, 3.8) is 0 Å². The van der Waals surface area contributed by atoms with Crippen LogP contribution in [-0.2, 0) is 0 Å². The summed E-state index contributed by atoms with van der Waals surface area (Å²) >= 11 is 0. The van der Waals surface area contributed by atoms with Crippen LogP contribution in [0.4, 0.5) is 0 Å².